The molecule has 0 saturated carbocycles. The van der Waals surface area contributed by atoms with Crippen LogP contribution in [0.5, 0.6) is 5.75 Å². The smallest absolute Gasteiger partial charge is 0.162 e. The monoisotopic (exact) mass is 647 g/mol. The van der Waals surface area contributed by atoms with E-state index in [1.807, 2.05) is 52.8 Å². The molecule has 1 aliphatic carbocycles. The van der Waals surface area contributed by atoms with Crippen LogP contribution in [-0.2, 0) is 11.4 Å². The molecule has 8 heteroatoms. The SMILES string of the molecule is Cc1cc(COc2ccc(Cl)cc2C)c(C)c(C2C(C#N)=C(N)N(c3ccc(Br)cc3F)C3=C2C(=O)CC(C)(C)C3)c1. The lowest BCUT2D eigenvalue weighted by molar-refractivity contribution is -0.118. The number of halogens is 3. The van der Waals surface area contributed by atoms with Crippen molar-refractivity contribution in [2.75, 3.05) is 4.90 Å². The van der Waals surface area contributed by atoms with E-state index in [1.165, 1.54) is 6.07 Å². The van der Waals surface area contributed by atoms with Gasteiger partial charge in [0.25, 0.3) is 0 Å². The number of anilines is 1. The maximum atomic E-state index is 15.4. The minimum absolute atomic E-state index is 0.0653. The van der Waals surface area contributed by atoms with Crippen LogP contribution < -0.4 is 15.4 Å². The summed E-state index contributed by atoms with van der Waals surface area (Å²) in [5.74, 6) is -0.398. The molecular formula is C34H32BrClFN3O2. The van der Waals surface area contributed by atoms with Gasteiger partial charge in [-0.05, 0) is 91.3 Å². The van der Waals surface area contributed by atoms with Gasteiger partial charge in [0.2, 0.25) is 0 Å². The van der Waals surface area contributed by atoms with Gasteiger partial charge in [-0.2, -0.15) is 5.26 Å². The van der Waals surface area contributed by atoms with Crippen LogP contribution in [0.4, 0.5) is 10.1 Å². The number of nitriles is 1. The number of ketones is 1. The first-order valence-electron chi connectivity index (χ1n) is 13.7. The van der Waals surface area contributed by atoms with Crippen molar-refractivity contribution in [2.45, 2.75) is 60.0 Å². The number of carbonyl (C=O) groups is 1. The molecule has 216 valence electrons. The Hall–Kier alpha value is -3.60. The topological polar surface area (TPSA) is 79.3 Å². The minimum atomic E-state index is -0.681. The van der Waals surface area contributed by atoms with Gasteiger partial charge >= 0.3 is 0 Å². The van der Waals surface area contributed by atoms with Crippen LogP contribution in [-0.4, -0.2) is 5.78 Å². The summed E-state index contributed by atoms with van der Waals surface area (Å²) in [5.41, 5.74) is 12.5. The van der Waals surface area contributed by atoms with Gasteiger partial charge in [-0.25, -0.2) is 4.39 Å². The van der Waals surface area contributed by atoms with Crippen LogP contribution in [0.2, 0.25) is 5.02 Å². The van der Waals surface area contributed by atoms with Gasteiger partial charge < -0.3 is 10.5 Å². The van der Waals surface area contributed by atoms with E-state index in [0.29, 0.717) is 40.2 Å². The fourth-order valence-electron chi connectivity index (χ4n) is 6.10. The van der Waals surface area contributed by atoms with Crippen molar-refractivity contribution in [2.24, 2.45) is 11.1 Å². The normalized spacial score (nSPS) is 18.2. The number of aryl methyl sites for hydroxylation is 2. The van der Waals surface area contributed by atoms with E-state index in [9.17, 15) is 10.1 Å². The Kier molecular flexibility index (Phi) is 8.00. The highest BCUT2D eigenvalue weighted by Crippen LogP contribution is 2.51. The van der Waals surface area contributed by atoms with Crippen molar-refractivity contribution in [1.82, 2.24) is 0 Å². The number of hydrogen-bond acceptors (Lipinski definition) is 5. The summed E-state index contributed by atoms with van der Waals surface area (Å²) in [6.07, 6.45) is 0.810. The predicted octanol–water partition coefficient (Wildman–Crippen LogP) is 8.69. The summed E-state index contributed by atoms with van der Waals surface area (Å²) in [7, 11) is 0. The van der Waals surface area contributed by atoms with Crippen LogP contribution in [0, 0.1) is 43.3 Å². The van der Waals surface area contributed by atoms with Crippen LogP contribution in [0.15, 0.2) is 75.7 Å². The highest BCUT2D eigenvalue weighted by Gasteiger charge is 2.45. The highest BCUT2D eigenvalue weighted by molar-refractivity contribution is 9.10. The molecule has 2 aliphatic rings. The molecule has 0 bridgehead atoms. The van der Waals surface area contributed by atoms with Gasteiger partial charge in [-0.15, -0.1) is 0 Å². The Bertz CT molecular complexity index is 1740. The van der Waals surface area contributed by atoms with Crippen molar-refractivity contribution in [3.05, 3.63) is 114 Å². The molecule has 0 fully saturated rings. The largest absolute Gasteiger partial charge is 0.489 e. The van der Waals surface area contributed by atoms with Crippen molar-refractivity contribution in [3.63, 3.8) is 0 Å². The summed E-state index contributed by atoms with van der Waals surface area (Å²) in [5, 5.41) is 11.1. The molecule has 0 amide bonds. The number of ether oxygens (including phenoxy) is 1. The van der Waals surface area contributed by atoms with Gasteiger partial charge in [-0.3, -0.25) is 9.69 Å². The molecule has 5 nitrogen and oxygen atoms in total. The molecule has 1 aliphatic heterocycles. The predicted molar refractivity (Wildman–Crippen MR) is 168 cm³/mol. The van der Waals surface area contributed by atoms with E-state index in [1.54, 1.807) is 23.1 Å². The third-order valence-corrected chi connectivity index (χ3v) is 8.79. The zero-order valence-electron chi connectivity index (χ0n) is 24.2. The van der Waals surface area contributed by atoms with E-state index in [0.717, 1.165) is 33.6 Å². The van der Waals surface area contributed by atoms with Crippen molar-refractivity contribution < 1.29 is 13.9 Å². The molecule has 1 unspecified atom stereocenters. The number of nitrogens with two attached hydrogens (primary N) is 1. The van der Waals surface area contributed by atoms with Gasteiger partial charge in [0.1, 0.15) is 24.0 Å². The summed E-state index contributed by atoms with van der Waals surface area (Å²) >= 11 is 9.44. The van der Waals surface area contributed by atoms with E-state index in [4.69, 9.17) is 22.1 Å². The number of rotatable bonds is 5. The summed E-state index contributed by atoms with van der Waals surface area (Å²) < 4.78 is 22.2. The number of nitrogens with zero attached hydrogens (tertiary/aromatic N) is 2. The van der Waals surface area contributed by atoms with Gasteiger partial charge in [0.05, 0.1) is 23.2 Å². The number of hydrogen-bond donors (Lipinski definition) is 1. The van der Waals surface area contributed by atoms with Gasteiger partial charge in [0, 0.05) is 27.2 Å². The van der Waals surface area contributed by atoms with E-state index in [2.05, 4.69) is 28.1 Å². The summed E-state index contributed by atoms with van der Waals surface area (Å²) in [4.78, 5) is 15.5. The first-order valence-corrected chi connectivity index (χ1v) is 14.9. The van der Waals surface area contributed by atoms with Crippen LogP contribution in [0.3, 0.4) is 0 Å². The third-order valence-electron chi connectivity index (χ3n) is 8.06. The maximum absolute atomic E-state index is 15.4. The second-order valence-electron chi connectivity index (χ2n) is 11.9. The van der Waals surface area contributed by atoms with Crippen LogP contribution >= 0.6 is 27.5 Å². The molecule has 0 aromatic heterocycles. The molecule has 0 spiro atoms. The zero-order chi connectivity index (χ0) is 30.5. The van der Waals surface area contributed by atoms with Crippen LogP contribution in [0.25, 0.3) is 0 Å². The quantitative estimate of drug-likeness (QED) is 0.300. The van der Waals surface area contributed by atoms with E-state index in [-0.39, 0.29) is 28.3 Å². The standard InChI is InChI=1S/C34H32BrClFN3O2/c1-18-10-21(17-42-30-9-7-23(36)12-19(30)2)20(3)24(11-18)31-25(16-38)33(39)40(27-8-6-22(35)13-26(27)37)28-14-34(4,5)15-29(41)32(28)31/h6-13,31H,14-15,17,39H2,1-5H3. The Morgan fingerprint density at radius 1 is 1.14 bits per heavy atom. The Morgan fingerprint density at radius 2 is 1.88 bits per heavy atom. The van der Waals surface area contributed by atoms with Crippen molar-refractivity contribution >= 4 is 39.0 Å². The fraction of sp³-hybridized carbons (Fsp3) is 0.294. The number of allylic oxidation sites excluding steroid dienone is 3. The van der Waals surface area contributed by atoms with E-state index >= 15 is 4.39 Å². The molecular weight excluding hydrogens is 617 g/mol. The Morgan fingerprint density at radius 3 is 2.55 bits per heavy atom. The van der Waals surface area contributed by atoms with Gasteiger partial charge in [0.15, 0.2) is 5.78 Å². The number of carbonyl (C=O) groups excluding carboxylic acids is 1. The van der Waals surface area contributed by atoms with Gasteiger partial charge in [-0.1, -0.05) is 59.1 Å². The molecule has 0 saturated heterocycles. The van der Waals surface area contributed by atoms with Crippen molar-refractivity contribution in [3.8, 4) is 11.8 Å². The lowest BCUT2D eigenvalue weighted by Crippen LogP contribution is -2.42. The average molecular weight is 649 g/mol. The second kappa shape index (κ2) is 11.2. The first-order chi connectivity index (χ1) is 19.8. The summed E-state index contributed by atoms with van der Waals surface area (Å²) in [6.45, 7) is 10.2. The molecule has 2 N–H and O–H groups in total. The minimum Gasteiger partial charge on any atom is -0.489 e. The Balaban J connectivity index is 1.68. The number of benzene rings is 3. The average Bonchev–Trinajstić information content (AvgIpc) is 2.89. The fourth-order valence-corrected chi connectivity index (χ4v) is 6.66. The molecule has 5 rings (SSSR count). The van der Waals surface area contributed by atoms with E-state index < -0.39 is 11.7 Å². The third kappa shape index (κ3) is 5.46. The number of Topliss-reactive ketones (excluding diaryl/α,β-unsaturated/α-hetero) is 1. The maximum Gasteiger partial charge on any atom is 0.162 e. The van der Waals surface area contributed by atoms with Crippen molar-refractivity contribution in [1.29, 1.82) is 5.26 Å². The molecule has 42 heavy (non-hydrogen) atoms. The highest BCUT2D eigenvalue weighted by atomic mass is 79.9. The zero-order valence-corrected chi connectivity index (χ0v) is 26.6. The Labute approximate surface area is 259 Å². The molecule has 3 aromatic rings. The lowest BCUT2D eigenvalue weighted by Gasteiger charge is -2.44. The van der Waals surface area contributed by atoms with Crippen LogP contribution in [0.1, 0.15) is 60.4 Å². The second-order valence-corrected chi connectivity index (χ2v) is 13.3. The summed E-state index contributed by atoms with van der Waals surface area (Å²) in [6, 6.07) is 16.5. The molecule has 1 heterocycles. The molecule has 3 aromatic carbocycles. The molecule has 0 radical (unpaired) electrons. The lowest BCUT2D eigenvalue weighted by atomic mass is 9.68. The first kappa shape index (κ1) is 29.9. The molecule has 1 atom stereocenters.